The fourth-order valence-corrected chi connectivity index (χ4v) is 1.29. The van der Waals surface area contributed by atoms with Crippen LogP contribution >= 0.6 is 0 Å². The summed E-state index contributed by atoms with van der Waals surface area (Å²) in [5.74, 6) is -0.973. The highest BCUT2D eigenvalue weighted by atomic mass is 16.4. The SMILES string of the molecule is CCn1nc2cccc(C(=O)O)c2n1. The van der Waals surface area contributed by atoms with E-state index in [-0.39, 0.29) is 5.56 Å². The van der Waals surface area contributed by atoms with E-state index in [0.717, 1.165) is 0 Å². The molecule has 0 fully saturated rings. The molecule has 1 aromatic heterocycles. The predicted molar refractivity (Wildman–Crippen MR) is 50.2 cm³/mol. The Bertz CT molecular complexity index is 490. The van der Waals surface area contributed by atoms with Crippen LogP contribution in [0.25, 0.3) is 11.0 Å². The molecule has 5 nitrogen and oxygen atoms in total. The van der Waals surface area contributed by atoms with Crippen LogP contribution in [0.5, 0.6) is 0 Å². The Hall–Kier alpha value is -1.91. The van der Waals surface area contributed by atoms with Crippen LogP contribution in [-0.4, -0.2) is 26.1 Å². The summed E-state index contributed by atoms with van der Waals surface area (Å²) in [6, 6.07) is 4.95. The number of hydrogen-bond acceptors (Lipinski definition) is 3. The number of carboxylic acid groups (broad SMARTS) is 1. The molecule has 0 aliphatic carbocycles. The lowest BCUT2D eigenvalue weighted by molar-refractivity contribution is 0.0699. The minimum Gasteiger partial charge on any atom is -0.478 e. The van der Waals surface area contributed by atoms with Crippen molar-refractivity contribution in [2.24, 2.45) is 0 Å². The van der Waals surface area contributed by atoms with Crippen LogP contribution < -0.4 is 0 Å². The highest BCUT2D eigenvalue weighted by molar-refractivity contribution is 6.00. The van der Waals surface area contributed by atoms with Gasteiger partial charge >= 0.3 is 5.97 Å². The van der Waals surface area contributed by atoms with Gasteiger partial charge in [0.1, 0.15) is 11.0 Å². The summed E-state index contributed by atoms with van der Waals surface area (Å²) in [5.41, 5.74) is 1.26. The Labute approximate surface area is 80.0 Å². The standard InChI is InChI=1S/C9H9N3O2/c1-2-12-10-7-5-3-4-6(9(13)14)8(7)11-12/h3-5H,2H2,1H3,(H,13,14). The second-order valence-corrected chi connectivity index (χ2v) is 2.87. The van der Waals surface area contributed by atoms with Gasteiger partial charge in [0.05, 0.1) is 12.1 Å². The molecule has 0 atom stereocenters. The summed E-state index contributed by atoms with van der Waals surface area (Å²) in [4.78, 5) is 12.3. The molecule has 0 saturated carbocycles. The average molecular weight is 191 g/mol. The molecular weight excluding hydrogens is 182 g/mol. The van der Waals surface area contributed by atoms with Gasteiger partial charge in [0.25, 0.3) is 0 Å². The quantitative estimate of drug-likeness (QED) is 0.773. The van der Waals surface area contributed by atoms with Crippen LogP contribution in [0.4, 0.5) is 0 Å². The number of carboxylic acids is 1. The van der Waals surface area contributed by atoms with Gasteiger partial charge in [-0.2, -0.15) is 15.0 Å². The van der Waals surface area contributed by atoms with Crippen molar-refractivity contribution >= 4 is 17.0 Å². The zero-order chi connectivity index (χ0) is 10.1. The molecule has 0 aliphatic heterocycles. The van der Waals surface area contributed by atoms with Crippen LogP contribution in [0.3, 0.4) is 0 Å². The lowest BCUT2D eigenvalue weighted by Crippen LogP contribution is -1.99. The topological polar surface area (TPSA) is 68.0 Å². The maximum Gasteiger partial charge on any atom is 0.338 e. The normalized spacial score (nSPS) is 10.6. The highest BCUT2D eigenvalue weighted by Crippen LogP contribution is 2.14. The summed E-state index contributed by atoms with van der Waals surface area (Å²) in [6.07, 6.45) is 0. The van der Waals surface area contributed by atoms with E-state index in [0.29, 0.717) is 17.6 Å². The fourth-order valence-electron chi connectivity index (χ4n) is 1.29. The van der Waals surface area contributed by atoms with Gasteiger partial charge in [0.15, 0.2) is 0 Å². The molecule has 1 N–H and O–H groups in total. The molecule has 14 heavy (non-hydrogen) atoms. The molecule has 0 aliphatic rings. The summed E-state index contributed by atoms with van der Waals surface area (Å²) >= 11 is 0. The first-order chi connectivity index (χ1) is 6.72. The van der Waals surface area contributed by atoms with E-state index in [4.69, 9.17) is 5.11 Å². The third-order valence-electron chi connectivity index (χ3n) is 1.97. The van der Waals surface area contributed by atoms with Crippen LogP contribution in [0.15, 0.2) is 18.2 Å². The molecular formula is C9H9N3O2. The maximum absolute atomic E-state index is 10.8. The van der Waals surface area contributed by atoms with Crippen molar-refractivity contribution in [1.29, 1.82) is 0 Å². The van der Waals surface area contributed by atoms with Gasteiger partial charge in [-0.3, -0.25) is 0 Å². The zero-order valence-electron chi connectivity index (χ0n) is 7.64. The van der Waals surface area contributed by atoms with Crippen molar-refractivity contribution in [2.75, 3.05) is 0 Å². The first-order valence-electron chi connectivity index (χ1n) is 4.29. The van der Waals surface area contributed by atoms with Crippen molar-refractivity contribution in [1.82, 2.24) is 15.0 Å². The molecule has 1 heterocycles. The van der Waals surface area contributed by atoms with Crippen LogP contribution in [-0.2, 0) is 6.54 Å². The van der Waals surface area contributed by atoms with Gasteiger partial charge in [-0.15, -0.1) is 0 Å². The monoisotopic (exact) mass is 191 g/mol. The first kappa shape index (κ1) is 8.68. The highest BCUT2D eigenvalue weighted by Gasteiger charge is 2.11. The van der Waals surface area contributed by atoms with Gasteiger partial charge in [-0.1, -0.05) is 6.07 Å². The maximum atomic E-state index is 10.8. The molecule has 0 saturated heterocycles. The third-order valence-corrected chi connectivity index (χ3v) is 1.97. The largest absolute Gasteiger partial charge is 0.478 e. The lowest BCUT2D eigenvalue weighted by atomic mass is 10.2. The molecule has 2 rings (SSSR count). The van der Waals surface area contributed by atoms with Gasteiger partial charge < -0.3 is 5.11 Å². The third kappa shape index (κ3) is 1.22. The van der Waals surface area contributed by atoms with Gasteiger partial charge in [-0.25, -0.2) is 4.79 Å². The molecule has 2 aromatic rings. The van der Waals surface area contributed by atoms with Crippen molar-refractivity contribution in [3.8, 4) is 0 Å². The number of rotatable bonds is 2. The number of fused-ring (bicyclic) bond motifs is 1. The van der Waals surface area contributed by atoms with E-state index in [9.17, 15) is 4.79 Å². The van der Waals surface area contributed by atoms with E-state index in [2.05, 4.69) is 10.2 Å². The van der Waals surface area contributed by atoms with Crippen LogP contribution in [0.2, 0.25) is 0 Å². The Kier molecular flexibility index (Phi) is 1.92. The minimum absolute atomic E-state index is 0.196. The number of aromatic carboxylic acids is 1. The van der Waals surface area contributed by atoms with Crippen LogP contribution in [0.1, 0.15) is 17.3 Å². The molecule has 0 amide bonds. The summed E-state index contributed by atoms with van der Waals surface area (Å²) in [7, 11) is 0. The smallest absolute Gasteiger partial charge is 0.338 e. The molecule has 0 radical (unpaired) electrons. The second kappa shape index (κ2) is 3.10. The number of benzene rings is 1. The molecule has 5 heteroatoms. The molecule has 0 bridgehead atoms. The van der Waals surface area contributed by atoms with E-state index >= 15 is 0 Å². The van der Waals surface area contributed by atoms with Gasteiger partial charge in [0.2, 0.25) is 0 Å². The molecule has 0 spiro atoms. The van der Waals surface area contributed by atoms with Crippen molar-refractivity contribution in [3.05, 3.63) is 23.8 Å². The van der Waals surface area contributed by atoms with Gasteiger partial charge in [-0.05, 0) is 19.1 Å². The van der Waals surface area contributed by atoms with E-state index < -0.39 is 5.97 Å². The fraction of sp³-hybridized carbons (Fsp3) is 0.222. The Morgan fingerprint density at radius 3 is 2.93 bits per heavy atom. The predicted octanol–water partition coefficient (Wildman–Crippen LogP) is 1.15. The van der Waals surface area contributed by atoms with Crippen molar-refractivity contribution in [3.63, 3.8) is 0 Å². The summed E-state index contributed by atoms with van der Waals surface area (Å²) in [5, 5.41) is 17.1. The average Bonchev–Trinajstić information content (AvgIpc) is 2.59. The molecule has 0 unspecified atom stereocenters. The Morgan fingerprint density at radius 2 is 2.29 bits per heavy atom. The number of carbonyl (C=O) groups is 1. The molecule has 1 aromatic carbocycles. The number of aryl methyl sites for hydroxylation is 1. The lowest BCUT2D eigenvalue weighted by Gasteiger charge is -1.92. The van der Waals surface area contributed by atoms with Gasteiger partial charge in [0, 0.05) is 0 Å². The summed E-state index contributed by atoms with van der Waals surface area (Å²) < 4.78 is 0. The Balaban J connectivity index is 2.73. The Morgan fingerprint density at radius 1 is 1.50 bits per heavy atom. The van der Waals surface area contributed by atoms with E-state index in [1.54, 1.807) is 12.1 Å². The number of hydrogen-bond donors (Lipinski definition) is 1. The van der Waals surface area contributed by atoms with Crippen molar-refractivity contribution < 1.29 is 9.90 Å². The zero-order valence-corrected chi connectivity index (χ0v) is 7.64. The minimum atomic E-state index is -0.973. The first-order valence-corrected chi connectivity index (χ1v) is 4.29. The molecule has 72 valence electrons. The number of nitrogens with zero attached hydrogens (tertiary/aromatic N) is 3. The van der Waals surface area contributed by atoms with Crippen LogP contribution in [0, 0.1) is 0 Å². The van der Waals surface area contributed by atoms with Crippen molar-refractivity contribution in [2.45, 2.75) is 13.5 Å². The summed E-state index contributed by atoms with van der Waals surface area (Å²) in [6.45, 7) is 2.53. The second-order valence-electron chi connectivity index (χ2n) is 2.87. The number of aromatic nitrogens is 3. The van der Waals surface area contributed by atoms with E-state index in [1.165, 1.54) is 10.9 Å². The van der Waals surface area contributed by atoms with E-state index in [1.807, 2.05) is 6.92 Å².